The highest BCUT2D eigenvalue weighted by Crippen LogP contribution is 2.59. The third kappa shape index (κ3) is 4.47. The molecular weight excluding hydrogens is 463 g/mol. The van der Waals surface area contributed by atoms with E-state index in [2.05, 4.69) is 3.63 Å². The first-order valence-electron chi connectivity index (χ1n) is 6.82. The second-order valence-corrected chi connectivity index (χ2v) is 11.7. The summed E-state index contributed by atoms with van der Waals surface area (Å²) in [6.07, 6.45) is -7.15. The van der Waals surface area contributed by atoms with Crippen molar-refractivity contribution in [2.24, 2.45) is 0 Å². The first kappa shape index (κ1) is 24.7. The molecule has 0 aliphatic carbocycles. The van der Waals surface area contributed by atoms with Gasteiger partial charge in [0.25, 0.3) is 0 Å². The number of hydrogen-bond acceptors (Lipinski definition) is 5. The Morgan fingerprint density at radius 2 is 1.41 bits per heavy atom. The third-order valence-corrected chi connectivity index (χ3v) is 10.4. The van der Waals surface area contributed by atoms with Crippen molar-refractivity contribution in [3.8, 4) is 0 Å². The molecule has 4 nitrogen and oxygen atoms in total. The fourth-order valence-electron chi connectivity index (χ4n) is 1.98. The predicted octanol–water partition coefficient (Wildman–Crippen LogP) is 3.81. The molecule has 0 saturated carbocycles. The van der Waals surface area contributed by atoms with Gasteiger partial charge in [0, 0.05) is 23.0 Å². The maximum atomic E-state index is 13.7. The minimum absolute atomic E-state index is 0.0960. The van der Waals surface area contributed by atoms with E-state index < -0.39 is 55.2 Å². The van der Waals surface area contributed by atoms with Crippen LogP contribution >= 0.6 is 22.1 Å². The van der Waals surface area contributed by atoms with E-state index in [1.807, 2.05) is 0 Å². The van der Waals surface area contributed by atoms with Crippen LogP contribution in [0.4, 0.5) is 39.5 Å². The Hall–Kier alpha value is -0.350. The summed E-state index contributed by atoms with van der Waals surface area (Å²) in [6.45, 7) is 0.928. The molecule has 162 valence electrons. The molecule has 0 unspecified atom stereocenters. The van der Waals surface area contributed by atoms with Crippen LogP contribution in [0.3, 0.4) is 0 Å². The first-order chi connectivity index (χ1) is 11.8. The molecule has 0 radical (unpaired) electrons. The van der Waals surface area contributed by atoms with Crippen molar-refractivity contribution in [2.45, 2.75) is 30.2 Å². The fraction of sp³-hybridized carbons (Fsp3) is 0.909. The molecule has 1 fully saturated rings. The SMILES string of the molecule is CC(=O)CS1(OS(=O)(=O)C(F)(F)C(F)(F)C(F)(F)C(F)(F)F)CCSCC1. The zero-order valence-electron chi connectivity index (χ0n) is 13.3. The Morgan fingerprint density at radius 1 is 0.963 bits per heavy atom. The second kappa shape index (κ2) is 7.48. The molecule has 16 heteroatoms. The maximum Gasteiger partial charge on any atom is 0.460 e. The van der Waals surface area contributed by atoms with Crippen molar-refractivity contribution in [1.29, 1.82) is 0 Å². The number of hydrogen-bond donors (Lipinski definition) is 0. The van der Waals surface area contributed by atoms with Gasteiger partial charge in [-0.15, -0.1) is 10.3 Å². The van der Waals surface area contributed by atoms with Crippen molar-refractivity contribution in [3.05, 3.63) is 0 Å². The van der Waals surface area contributed by atoms with Crippen molar-refractivity contribution < 1.29 is 56.4 Å². The minimum Gasteiger partial charge on any atom is -0.299 e. The molecule has 0 amide bonds. The average molecular weight is 476 g/mol. The topological polar surface area (TPSA) is 60.4 Å². The molecule has 0 aromatic heterocycles. The van der Waals surface area contributed by atoms with Gasteiger partial charge in [-0.3, -0.25) is 4.79 Å². The number of Topliss-reactive ketones (excluding diaryl/α,β-unsaturated/α-hetero) is 1. The van der Waals surface area contributed by atoms with Crippen LogP contribution in [-0.2, 0) is 18.5 Å². The van der Waals surface area contributed by atoms with Crippen LogP contribution in [0.25, 0.3) is 0 Å². The summed E-state index contributed by atoms with van der Waals surface area (Å²) >= 11 is 1.20. The zero-order chi connectivity index (χ0) is 21.5. The second-order valence-electron chi connectivity index (χ2n) is 5.52. The molecule has 1 aliphatic rings. The van der Waals surface area contributed by atoms with E-state index in [0.29, 0.717) is 0 Å². The molecule has 0 atom stereocenters. The van der Waals surface area contributed by atoms with Crippen LogP contribution < -0.4 is 0 Å². The Bertz CT molecular complexity index is 669. The molecule has 1 aliphatic heterocycles. The van der Waals surface area contributed by atoms with Crippen molar-refractivity contribution in [3.63, 3.8) is 0 Å². The van der Waals surface area contributed by atoms with Crippen molar-refractivity contribution in [2.75, 3.05) is 28.8 Å². The quantitative estimate of drug-likeness (QED) is 0.523. The molecule has 0 aromatic carbocycles. The standard InChI is InChI=1S/C11H13F9O4S3/c1-7(21)6-26(4-2-25-3-5-26)24-27(22,23)11(19,20)9(14,15)8(12,13)10(16,17)18/h2-6H2,1H3. The minimum atomic E-state index is -7.36. The Labute approximate surface area is 153 Å². The monoisotopic (exact) mass is 476 g/mol. The van der Waals surface area contributed by atoms with Gasteiger partial charge in [-0.2, -0.15) is 59.7 Å². The lowest BCUT2D eigenvalue weighted by molar-refractivity contribution is -0.382. The lowest BCUT2D eigenvalue weighted by atomic mass is 10.1. The maximum absolute atomic E-state index is 13.7. The molecule has 1 heterocycles. The van der Waals surface area contributed by atoms with Gasteiger partial charge in [0.15, 0.2) is 0 Å². The number of ketones is 1. The Morgan fingerprint density at radius 3 is 1.78 bits per heavy atom. The molecule has 27 heavy (non-hydrogen) atoms. The van der Waals surface area contributed by atoms with Gasteiger partial charge in [-0.25, -0.2) is 3.63 Å². The molecule has 1 rings (SSSR count). The van der Waals surface area contributed by atoms with Crippen LogP contribution in [0.5, 0.6) is 0 Å². The zero-order valence-corrected chi connectivity index (χ0v) is 15.7. The predicted molar refractivity (Wildman–Crippen MR) is 81.1 cm³/mol. The van der Waals surface area contributed by atoms with E-state index in [4.69, 9.17) is 0 Å². The molecule has 0 bridgehead atoms. The fourth-order valence-corrected chi connectivity index (χ4v) is 9.83. The highest BCUT2D eigenvalue weighted by molar-refractivity contribution is 8.34. The van der Waals surface area contributed by atoms with Gasteiger partial charge in [0.05, 0.1) is 5.75 Å². The lowest BCUT2D eigenvalue weighted by Gasteiger charge is -2.42. The summed E-state index contributed by atoms with van der Waals surface area (Å²) in [6, 6.07) is 0. The summed E-state index contributed by atoms with van der Waals surface area (Å²) in [5.74, 6) is -16.6. The van der Waals surface area contributed by atoms with E-state index in [9.17, 15) is 52.7 Å². The van der Waals surface area contributed by atoms with Gasteiger partial charge in [-0.1, -0.05) is 0 Å². The highest BCUT2D eigenvalue weighted by atomic mass is 32.3. The van der Waals surface area contributed by atoms with E-state index >= 15 is 0 Å². The van der Waals surface area contributed by atoms with Crippen LogP contribution in [-0.4, -0.2) is 66.2 Å². The van der Waals surface area contributed by atoms with Crippen LogP contribution in [0.2, 0.25) is 0 Å². The van der Waals surface area contributed by atoms with E-state index in [1.54, 1.807) is 0 Å². The number of rotatable bonds is 7. The molecule has 0 N–H and O–H groups in total. The molecular formula is C11H13F9O4S3. The Balaban J connectivity index is 3.36. The van der Waals surface area contributed by atoms with Gasteiger partial charge in [-0.05, 0) is 6.92 Å². The van der Waals surface area contributed by atoms with Crippen LogP contribution in [0.15, 0.2) is 0 Å². The van der Waals surface area contributed by atoms with Gasteiger partial charge < -0.3 is 0 Å². The summed E-state index contributed by atoms with van der Waals surface area (Å²) in [5, 5.41) is -6.90. The summed E-state index contributed by atoms with van der Waals surface area (Å²) in [5.41, 5.74) is 0. The number of halogens is 9. The highest BCUT2D eigenvalue weighted by Gasteiger charge is 2.86. The van der Waals surface area contributed by atoms with Gasteiger partial charge in [0.2, 0.25) is 0 Å². The number of carbonyl (C=O) groups is 1. The van der Waals surface area contributed by atoms with Gasteiger partial charge in [0.1, 0.15) is 5.78 Å². The van der Waals surface area contributed by atoms with Crippen molar-refractivity contribution in [1.82, 2.24) is 0 Å². The molecule has 0 spiro atoms. The van der Waals surface area contributed by atoms with Gasteiger partial charge >= 0.3 is 33.4 Å². The number of thioether (sulfide) groups is 1. The van der Waals surface area contributed by atoms with Crippen LogP contribution in [0.1, 0.15) is 6.92 Å². The molecule has 1 saturated heterocycles. The molecule has 0 aromatic rings. The third-order valence-electron chi connectivity index (χ3n) is 3.33. The van der Waals surface area contributed by atoms with Crippen LogP contribution in [0, 0.1) is 0 Å². The first-order valence-corrected chi connectivity index (χ1v) is 11.5. The lowest BCUT2D eigenvalue weighted by Crippen LogP contribution is -2.63. The summed E-state index contributed by atoms with van der Waals surface area (Å²) in [4.78, 5) is 11.3. The smallest absolute Gasteiger partial charge is 0.299 e. The van der Waals surface area contributed by atoms with E-state index in [-0.39, 0.29) is 23.0 Å². The largest absolute Gasteiger partial charge is 0.460 e. The number of carbonyl (C=O) groups excluding carboxylic acids is 1. The normalized spacial score (nSPS) is 21.0. The van der Waals surface area contributed by atoms with E-state index in [1.165, 1.54) is 11.8 Å². The Kier molecular flexibility index (Phi) is 6.84. The average Bonchev–Trinajstić information content (AvgIpc) is 2.44. The summed E-state index contributed by atoms with van der Waals surface area (Å²) in [7, 11) is -10.2. The van der Waals surface area contributed by atoms with Crippen molar-refractivity contribution >= 4 is 38.0 Å². The number of alkyl halides is 9. The summed E-state index contributed by atoms with van der Waals surface area (Å²) < 4.78 is 144. The van der Waals surface area contributed by atoms with E-state index in [0.717, 1.165) is 6.92 Å².